The van der Waals surface area contributed by atoms with Gasteiger partial charge in [-0.1, -0.05) is 23.7 Å². The fourth-order valence-electron chi connectivity index (χ4n) is 2.47. The molecular weight excluding hydrogens is 379 g/mol. The minimum absolute atomic E-state index is 0.195. The number of benzene rings is 2. The zero-order valence-corrected chi connectivity index (χ0v) is 15.9. The predicted octanol–water partition coefficient (Wildman–Crippen LogP) is 4.58. The van der Waals surface area contributed by atoms with Crippen molar-refractivity contribution in [2.24, 2.45) is 4.99 Å². The second-order valence-corrected chi connectivity index (χ2v) is 6.47. The lowest BCUT2D eigenvalue weighted by molar-refractivity contribution is 0.0976. The van der Waals surface area contributed by atoms with Crippen molar-refractivity contribution in [3.63, 3.8) is 0 Å². The SMILES string of the molecule is Cc1cc(Cl)ccc1NC(=NCc1ccccn1)NC(=O)c1cccc(F)c1. The highest BCUT2D eigenvalue weighted by molar-refractivity contribution is 6.30. The summed E-state index contributed by atoms with van der Waals surface area (Å²) in [4.78, 5) is 21.2. The second-order valence-electron chi connectivity index (χ2n) is 6.03. The van der Waals surface area contributed by atoms with Crippen LogP contribution in [0.15, 0.2) is 71.9 Å². The molecule has 0 radical (unpaired) electrons. The van der Waals surface area contributed by atoms with E-state index in [1.165, 1.54) is 24.3 Å². The third-order valence-electron chi connectivity index (χ3n) is 3.89. The van der Waals surface area contributed by atoms with E-state index in [0.29, 0.717) is 5.02 Å². The Kier molecular flexibility index (Phi) is 6.34. The summed E-state index contributed by atoms with van der Waals surface area (Å²) in [6, 6.07) is 16.3. The van der Waals surface area contributed by atoms with Gasteiger partial charge in [0.25, 0.3) is 5.91 Å². The summed E-state index contributed by atoms with van der Waals surface area (Å²) < 4.78 is 13.4. The number of amides is 1. The van der Waals surface area contributed by atoms with Gasteiger partial charge in [-0.05, 0) is 61.0 Å². The Morgan fingerprint density at radius 2 is 2.00 bits per heavy atom. The monoisotopic (exact) mass is 396 g/mol. The van der Waals surface area contributed by atoms with E-state index in [0.717, 1.165) is 16.9 Å². The van der Waals surface area contributed by atoms with Crippen LogP contribution < -0.4 is 10.6 Å². The Hall–Kier alpha value is -3.25. The van der Waals surface area contributed by atoms with Crippen molar-refractivity contribution in [2.75, 3.05) is 5.32 Å². The number of anilines is 1. The molecule has 0 atom stereocenters. The Bertz CT molecular complexity index is 1010. The van der Waals surface area contributed by atoms with Gasteiger partial charge in [0.2, 0.25) is 5.96 Å². The second kappa shape index (κ2) is 9.10. The van der Waals surface area contributed by atoms with Crippen molar-refractivity contribution in [1.29, 1.82) is 0 Å². The first-order valence-corrected chi connectivity index (χ1v) is 8.93. The van der Waals surface area contributed by atoms with Crippen LogP contribution in [0.1, 0.15) is 21.6 Å². The highest BCUT2D eigenvalue weighted by Gasteiger charge is 2.11. The van der Waals surface area contributed by atoms with Crippen molar-refractivity contribution in [1.82, 2.24) is 10.3 Å². The fourth-order valence-corrected chi connectivity index (χ4v) is 2.69. The molecule has 2 N–H and O–H groups in total. The summed E-state index contributed by atoms with van der Waals surface area (Å²) in [6.45, 7) is 2.15. The number of carbonyl (C=O) groups is 1. The van der Waals surface area contributed by atoms with Gasteiger partial charge in [-0.2, -0.15) is 0 Å². The van der Waals surface area contributed by atoms with Gasteiger partial charge in [-0.3, -0.25) is 15.1 Å². The molecule has 1 aromatic heterocycles. The van der Waals surface area contributed by atoms with Crippen LogP contribution in [0.2, 0.25) is 5.02 Å². The Balaban J connectivity index is 1.84. The van der Waals surface area contributed by atoms with Gasteiger partial charge in [0, 0.05) is 22.5 Å². The summed E-state index contributed by atoms with van der Waals surface area (Å²) in [7, 11) is 0. The van der Waals surface area contributed by atoms with E-state index in [9.17, 15) is 9.18 Å². The number of pyridine rings is 1. The fraction of sp³-hybridized carbons (Fsp3) is 0.0952. The molecule has 142 valence electrons. The quantitative estimate of drug-likeness (QED) is 0.501. The van der Waals surface area contributed by atoms with Crippen molar-refractivity contribution in [3.8, 4) is 0 Å². The smallest absolute Gasteiger partial charge is 0.258 e. The molecule has 0 spiro atoms. The van der Waals surface area contributed by atoms with E-state index in [-0.39, 0.29) is 18.1 Å². The van der Waals surface area contributed by atoms with E-state index in [2.05, 4.69) is 20.6 Å². The maximum absolute atomic E-state index is 13.4. The van der Waals surface area contributed by atoms with Crippen LogP contribution in [0.25, 0.3) is 0 Å². The Morgan fingerprint density at radius 1 is 1.14 bits per heavy atom. The minimum Gasteiger partial charge on any atom is -0.326 e. The molecule has 5 nitrogen and oxygen atoms in total. The molecule has 28 heavy (non-hydrogen) atoms. The van der Waals surface area contributed by atoms with Crippen molar-refractivity contribution in [3.05, 3.63) is 94.5 Å². The summed E-state index contributed by atoms with van der Waals surface area (Å²) in [5, 5.41) is 6.40. The minimum atomic E-state index is -0.485. The largest absolute Gasteiger partial charge is 0.326 e. The Morgan fingerprint density at radius 3 is 2.71 bits per heavy atom. The number of nitrogens with one attached hydrogen (secondary N) is 2. The maximum atomic E-state index is 13.4. The number of halogens is 2. The molecule has 0 fully saturated rings. The van der Waals surface area contributed by atoms with E-state index in [4.69, 9.17) is 11.6 Å². The Labute approximate surface area is 167 Å². The standard InChI is InChI=1S/C21H18ClFN4O/c1-14-11-16(22)8-9-19(14)26-21(25-13-18-7-2-3-10-24-18)27-20(28)15-5-4-6-17(23)12-15/h2-12H,13H2,1H3,(H2,25,26,27,28). The highest BCUT2D eigenvalue weighted by Crippen LogP contribution is 2.19. The number of carbonyl (C=O) groups excluding carboxylic acids is 1. The summed E-state index contributed by atoms with van der Waals surface area (Å²) in [6.07, 6.45) is 1.67. The zero-order chi connectivity index (χ0) is 19.9. The topological polar surface area (TPSA) is 66.4 Å². The molecule has 0 bridgehead atoms. The number of guanidine groups is 1. The molecule has 3 rings (SSSR count). The van der Waals surface area contributed by atoms with Crippen LogP contribution in [0.3, 0.4) is 0 Å². The van der Waals surface area contributed by atoms with Crippen molar-refractivity contribution >= 4 is 29.2 Å². The van der Waals surface area contributed by atoms with Gasteiger partial charge in [0.15, 0.2) is 0 Å². The van der Waals surface area contributed by atoms with Crippen LogP contribution in [-0.4, -0.2) is 16.9 Å². The predicted molar refractivity (Wildman–Crippen MR) is 109 cm³/mol. The van der Waals surface area contributed by atoms with Crippen LogP contribution in [-0.2, 0) is 6.54 Å². The number of aryl methyl sites for hydroxylation is 1. The zero-order valence-electron chi connectivity index (χ0n) is 15.1. The average Bonchev–Trinajstić information content (AvgIpc) is 2.69. The third kappa shape index (κ3) is 5.37. The molecule has 1 heterocycles. The molecule has 0 aliphatic carbocycles. The van der Waals surface area contributed by atoms with Gasteiger partial charge in [-0.25, -0.2) is 9.38 Å². The highest BCUT2D eigenvalue weighted by atomic mass is 35.5. The third-order valence-corrected chi connectivity index (χ3v) is 4.12. The average molecular weight is 397 g/mol. The molecule has 1 amide bonds. The molecule has 0 aliphatic heterocycles. The summed E-state index contributed by atoms with van der Waals surface area (Å²) in [5.41, 5.74) is 2.57. The van der Waals surface area contributed by atoms with E-state index in [1.807, 2.05) is 25.1 Å². The molecule has 3 aromatic rings. The molecule has 0 unspecified atom stereocenters. The number of aromatic nitrogens is 1. The van der Waals surface area contributed by atoms with Gasteiger partial charge < -0.3 is 5.32 Å². The van der Waals surface area contributed by atoms with E-state index >= 15 is 0 Å². The van der Waals surface area contributed by atoms with Crippen molar-refractivity contribution in [2.45, 2.75) is 13.5 Å². The number of rotatable bonds is 4. The van der Waals surface area contributed by atoms with Crippen LogP contribution in [0.5, 0.6) is 0 Å². The molecule has 0 aliphatic rings. The van der Waals surface area contributed by atoms with Gasteiger partial charge in [-0.15, -0.1) is 0 Å². The number of hydrogen-bond donors (Lipinski definition) is 2. The normalized spacial score (nSPS) is 11.2. The first kappa shape index (κ1) is 19.5. The van der Waals surface area contributed by atoms with Crippen LogP contribution >= 0.6 is 11.6 Å². The van der Waals surface area contributed by atoms with E-state index < -0.39 is 11.7 Å². The van der Waals surface area contributed by atoms with Crippen molar-refractivity contribution < 1.29 is 9.18 Å². The van der Waals surface area contributed by atoms with Gasteiger partial charge in [0.1, 0.15) is 5.82 Å². The lowest BCUT2D eigenvalue weighted by atomic mass is 10.2. The number of nitrogens with zero attached hydrogens (tertiary/aromatic N) is 2. The molecule has 0 saturated heterocycles. The number of hydrogen-bond acceptors (Lipinski definition) is 3. The van der Waals surface area contributed by atoms with Crippen LogP contribution in [0, 0.1) is 12.7 Å². The van der Waals surface area contributed by atoms with E-state index in [1.54, 1.807) is 24.4 Å². The summed E-state index contributed by atoms with van der Waals surface area (Å²) in [5.74, 6) is -0.732. The van der Waals surface area contributed by atoms with Crippen LogP contribution in [0.4, 0.5) is 10.1 Å². The molecule has 2 aromatic carbocycles. The maximum Gasteiger partial charge on any atom is 0.258 e. The van der Waals surface area contributed by atoms with Gasteiger partial charge in [0.05, 0.1) is 12.2 Å². The lowest BCUT2D eigenvalue weighted by Gasteiger charge is -2.14. The molecule has 0 saturated carbocycles. The summed E-state index contributed by atoms with van der Waals surface area (Å²) >= 11 is 6.00. The molecular formula is C21H18ClFN4O. The lowest BCUT2D eigenvalue weighted by Crippen LogP contribution is -2.36. The number of aliphatic imine (C=N–C) groups is 1. The first-order valence-electron chi connectivity index (χ1n) is 8.56. The van der Waals surface area contributed by atoms with Gasteiger partial charge >= 0.3 is 0 Å². The molecule has 7 heteroatoms. The first-order chi connectivity index (χ1) is 13.5.